The maximum Gasteiger partial charge on any atom is 0.407 e. The Labute approximate surface area is 198 Å². The fourth-order valence-corrected chi connectivity index (χ4v) is 4.99. The van der Waals surface area contributed by atoms with Crippen LogP contribution in [0.3, 0.4) is 0 Å². The maximum atomic E-state index is 15.0. The number of amides is 2. The van der Waals surface area contributed by atoms with Gasteiger partial charge in [0.25, 0.3) is 0 Å². The quantitative estimate of drug-likeness (QED) is 0.666. The summed E-state index contributed by atoms with van der Waals surface area (Å²) in [5.41, 5.74) is 0.0636. The lowest BCUT2D eigenvalue weighted by Crippen LogP contribution is -2.54. The Morgan fingerprint density at radius 1 is 0.971 bits per heavy atom. The van der Waals surface area contributed by atoms with E-state index in [2.05, 4.69) is 0 Å². The van der Waals surface area contributed by atoms with E-state index in [4.69, 9.17) is 4.74 Å². The van der Waals surface area contributed by atoms with Crippen molar-refractivity contribution in [3.05, 3.63) is 65.5 Å². The number of carboxylic acid groups (broad SMARTS) is 1. The zero-order valence-electron chi connectivity index (χ0n) is 19.2. The van der Waals surface area contributed by atoms with Crippen LogP contribution in [-0.2, 0) is 11.4 Å². The molecule has 182 valence electrons. The number of hydrogen-bond donors (Lipinski definition) is 2. The van der Waals surface area contributed by atoms with E-state index in [1.54, 1.807) is 11.0 Å². The molecule has 2 fully saturated rings. The standard InChI is InChI=1S/C26H31FN2O5/c27-21-17-20(9-10-22(21)34-18-19-7-3-1-4-8-19)23(26(33)11-5-2-6-12-26)24(30)28-13-15-29(16-14-28)25(31)32/h1,3-4,7-10,17,23,33H,2,5-6,11-16,18H2,(H,31,32). The lowest BCUT2D eigenvalue weighted by Gasteiger charge is -2.42. The first-order valence-electron chi connectivity index (χ1n) is 11.8. The molecule has 2 aliphatic rings. The molecule has 4 rings (SSSR count). The molecule has 0 bridgehead atoms. The van der Waals surface area contributed by atoms with Gasteiger partial charge >= 0.3 is 6.09 Å². The van der Waals surface area contributed by atoms with E-state index in [9.17, 15) is 19.8 Å². The second kappa shape index (κ2) is 10.4. The van der Waals surface area contributed by atoms with Crippen molar-refractivity contribution in [2.45, 2.75) is 50.2 Å². The molecule has 1 saturated carbocycles. The molecule has 1 aliphatic heterocycles. The first-order chi connectivity index (χ1) is 16.4. The van der Waals surface area contributed by atoms with Crippen molar-refractivity contribution in [2.75, 3.05) is 26.2 Å². The Morgan fingerprint density at radius 3 is 2.24 bits per heavy atom. The predicted octanol–water partition coefficient (Wildman–Crippen LogP) is 4.01. The van der Waals surface area contributed by atoms with Crippen LogP contribution in [0.1, 0.15) is 49.1 Å². The van der Waals surface area contributed by atoms with Crippen molar-refractivity contribution in [1.29, 1.82) is 0 Å². The average molecular weight is 471 g/mol. The number of halogens is 1. The second-order valence-electron chi connectivity index (χ2n) is 9.16. The Kier molecular flexibility index (Phi) is 7.36. The summed E-state index contributed by atoms with van der Waals surface area (Å²) in [6.45, 7) is 1.15. The monoisotopic (exact) mass is 470 g/mol. The number of carbonyl (C=O) groups excluding carboxylic acids is 1. The molecule has 2 aromatic carbocycles. The largest absolute Gasteiger partial charge is 0.486 e. The number of benzene rings is 2. The van der Waals surface area contributed by atoms with Crippen LogP contribution >= 0.6 is 0 Å². The lowest BCUT2D eigenvalue weighted by atomic mass is 9.72. The summed E-state index contributed by atoms with van der Waals surface area (Å²) in [6, 6.07) is 13.9. The fraction of sp³-hybridized carbons (Fsp3) is 0.462. The number of rotatable bonds is 6. The van der Waals surface area contributed by atoms with Crippen molar-refractivity contribution < 1.29 is 28.9 Å². The molecule has 0 radical (unpaired) electrons. The summed E-state index contributed by atoms with van der Waals surface area (Å²) in [7, 11) is 0. The maximum absolute atomic E-state index is 15.0. The van der Waals surface area contributed by atoms with Crippen LogP contribution in [0.25, 0.3) is 0 Å². The molecule has 1 atom stereocenters. The van der Waals surface area contributed by atoms with Crippen molar-refractivity contribution in [3.8, 4) is 5.75 Å². The number of aliphatic hydroxyl groups is 1. The summed E-state index contributed by atoms with van der Waals surface area (Å²) in [5.74, 6) is -1.69. The average Bonchev–Trinajstić information content (AvgIpc) is 2.84. The van der Waals surface area contributed by atoms with Gasteiger partial charge in [0.05, 0.1) is 11.5 Å². The van der Waals surface area contributed by atoms with Gasteiger partial charge in [-0.1, -0.05) is 55.7 Å². The number of ether oxygens (including phenoxy) is 1. The van der Waals surface area contributed by atoms with Gasteiger partial charge in [0.1, 0.15) is 6.61 Å². The first kappa shape index (κ1) is 24.0. The summed E-state index contributed by atoms with van der Waals surface area (Å²) in [4.78, 5) is 27.7. The van der Waals surface area contributed by atoms with Gasteiger partial charge in [-0.05, 0) is 36.1 Å². The van der Waals surface area contributed by atoms with Crippen molar-refractivity contribution in [2.24, 2.45) is 0 Å². The zero-order valence-corrected chi connectivity index (χ0v) is 19.2. The third-order valence-corrected chi connectivity index (χ3v) is 6.89. The molecule has 1 saturated heterocycles. The highest BCUT2D eigenvalue weighted by molar-refractivity contribution is 5.85. The highest BCUT2D eigenvalue weighted by Gasteiger charge is 2.45. The second-order valence-corrected chi connectivity index (χ2v) is 9.16. The predicted molar refractivity (Wildman–Crippen MR) is 124 cm³/mol. The van der Waals surface area contributed by atoms with E-state index < -0.39 is 23.4 Å². The van der Waals surface area contributed by atoms with Crippen LogP contribution in [0.2, 0.25) is 0 Å². The summed E-state index contributed by atoms with van der Waals surface area (Å²) in [6.07, 6.45) is 2.50. The van der Waals surface area contributed by atoms with Crippen LogP contribution < -0.4 is 4.74 Å². The molecule has 2 amide bonds. The number of hydrogen-bond acceptors (Lipinski definition) is 4. The van der Waals surface area contributed by atoms with Gasteiger partial charge in [-0.25, -0.2) is 9.18 Å². The summed E-state index contributed by atoms with van der Waals surface area (Å²) in [5, 5.41) is 20.7. The van der Waals surface area contributed by atoms with Crippen molar-refractivity contribution in [1.82, 2.24) is 9.80 Å². The molecular formula is C26H31FN2O5. The topological polar surface area (TPSA) is 90.3 Å². The number of piperazine rings is 1. The van der Waals surface area contributed by atoms with Gasteiger partial charge in [0, 0.05) is 26.2 Å². The van der Waals surface area contributed by atoms with E-state index in [0.29, 0.717) is 18.4 Å². The molecule has 1 unspecified atom stereocenters. The van der Waals surface area contributed by atoms with Crippen LogP contribution in [0, 0.1) is 5.82 Å². The van der Waals surface area contributed by atoms with Gasteiger partial charge in [-0.2, -0.15) is 0 Å². The number of carbonyl (C=O) groups is 2. The molecule has 7 nitrogen and oxygen atoms in total. The Bertz CT molecular complexity index is 1000. The Hall–Kier alpha value is -3.13. The van der Waals surface area contributed by atoms with E-state index >= 15 is 4.39 Å². The van der Waals surface area contributed by atoms with Crippen LogP contribution in [0.5, 0.6) is 5.75 Å². The van der Waals surface area contributed by atoms with Crippen LogP contribution in [0.4, 0.5) is 9.18 Å². The minimum atomic E-state index is -1.27. The third-order valence-electron chi connectivity index (χ3n) is 6.89. The fourth-order valence-electron chi connectivity index (χ4n) is 4.99. The van der Waals surface area contributed by atoms with Crippen LogP contribution in [0.15, 0.2) is 48.5 Å². The molecule has 1 heterocycles. The molecule has 0 spiro atoms. The first-order valence-corrected chi connectivity index (χ1v) is 11.8. The molecule has 1 aliphatic carbocycles. The van der Waals surface area contributed by atoms with Gasteiger partial charge in [-0.15, -0.1) is 0 Å². The van der Waals surface area contributed by atoms with Gasteiger partial charge < -0.3 is 24.7 Å². The molecular weight excluding hydrogens is 439 g/mol. The van der Waals surface area contributed by atoms with Gasteiger partial charge in [0.15, 0.2) is 11.6 Å². The normalized spacial score (nSPS) is 18.9. The van der Waals surface area contributed by atoms with E-state index in [1.807, 2.05) is 30.3 Å². The van der Waals surface area contributed by atoms with Crippen molar-refractivity contribution >= 4 is 12.0 Å². The van der Waals surface area contributed by atoms with Gasteiger partial charge in [-0.3, -0.25) is 4.79 Å². The minimum absolute atomic E-state index is 0.0875. The molecule has 8 heteroatoms. The van der Waals surface area contributed by atoms with E-state index in [-0.39, 0.29) is 44.4 Å². The molecule has 34 heavy (non-hydrogen) atoms. The summed E-state index contributed by atoms with van der Waals surface area (Å²) < 4.78 is 20.7. The lowest BCUT2D eigenvalue weighted by molar-refractivity contribution is -0.143. The Balaban J connectivity index is 1.56. The summed E-state index contributed by atoms with van der Waals surface area (Å²) >= 11 is 0. The molecule has 0 aromatic heterocycles. The van der Waals surface area contributed by atoms with E-state index in [1.165, 1.54) is 17.0 Å². The highest BCUT2D eigenvalue weighted by Crippen LogP contribution is 2.42. The molecule has 2 N–H and O–H groups in total. The smallest absolute Gasteiger partial charge is 0.407 e. The van der Waals surface area contributed by atoms with Crippen molar-refractivity contribution in [3.63, 3.8) is 0 Å². The number of nitrogens with zero attached hydrogens (tertiary/aromatic N) is 2. The van der Waals surface area contributed by atoms with E-state index in [0.717, 1.165) is 24.8 Å². The van der Waals surface area contributed by atoms with Crippen LogP contribution in [-0.4, -0.2) is 63.8 Å². The zero-order chi connectivity index (χ0) is 24.1. The molecule has 2 aromatic rings. The van der Waals surface area contributed by atoms with Gasteiger partial charge in [0.2, 0.25) is 5.91 Å². The minimum Gasteiger partial charge on any atom is -0.486 e. The third kappa shape index (κ3) is 5.33. The highest BCUT2D eigenvalue weighted by atomic mass is 19.1. The SMILES string of the molecule is O=C(O)N1CCN(C(=O)C(c2ccc(OCc3ccccc3)c(F)c2)C2(O)CCCCC2)CC1. The Morgan fingerprint density at radius 2 is 1.62 bits per heavy atom.